The summed E-state index contributed by atoms with van der Waals surface area (Å²) in [6, 6.07) is 11.4. The van der Waals surface area contributed by atoms with Crippen LogP contribution in [0, 0.1) is 5.82 Å². The number of pyridine rings is 1. The molecule has 0 aliphatic carbocycles. The first-order valence-electron chi connectivity index (χ1n) is 5.70. The van der Waals surface area contributed by atoms with Gasteiger partial charge in [-0.2, -0.15) is 5.10 Å². The maximum absolute atomic E-state index is 13.0. The minimum Gasteiger partial charge on any atom is -0.439 e. The van der Waals surface area contributed by atoms with E-state index >= 15 is 0 Å². The highest BCUT2D eigenvalue weighted by atomic mass is 19.1. The fraction of sp³-hybridized carbons (Fsp3) is 0. The van der Waals surface area contributed by atoms with E-state index in [2.05, 4.69) is 15.2 Å². The van der Waals surface area contributed by atoms with E-state index < -0.39 is 0 Å². The van der Waals surface area contributed by atoms with Crippen molar-refractivity contribution < 1.29 is 9.13 Å². The van der Waals surface area contributed by atoms with Crippen molar-refractivity contribution in [1.82, 2.24) is 15.2 Å². The van der Waals surface area contributed by atoms with E-state index in [0.29, 0.717) is 11.6 Å². The zero-order valence-electron chi connectivity index (χ0n) is 9.88. The molecular formula is C14H10FN3O. The Hall–Kier alpha value is -2.69. The van der Waals surface area contributed by atoms with Crippen LogP contribution in [0.4, 0.5) is 4.39 Å². The normalized spacial score (nSPS) is 10.4. The second-order valence-corrected chi connectivity index (χ2v) is 3.91. The predicted octanol–water partition coefficient (Wildman–Crippen LogP) is 3.40. The third-order valence-corrected chi connectivity index (χ3v) is 2.57. The molecule has 0 bridgehead atoms. The van der Waals surface area contributed by atoms with Crippen molar-refractivity contribution in [3.63, 3.8) is 0 Å². The van der Waals surface area contributed by atoms with E-state index in [1.54, 1.807) is 30.6 Å². The van der Waals surface area contributed by atoms with Gasteiger partial charge in [0.1, 0.15) is 11.6 Å². The number of nitrogens with zero attached hydrogens (tertiary/aromatic N) is 2. The van der Waals surface area contributed by atoms with Crippen LogP contribution in [0.2, 0.25) is 0 Å². The molecule has 0 aliphatic heterocycles. The average molecular weight is 255 g/mol. The fourth-order valence-corrected chi connectivity index (χ4v) is 1.67. The van der Waals surface area contributed by atoms with Gasteiger partial charge in [0.05, 0.1) is 5.69 Å². The van der Waals surface area contributed by atoms with Crippen molar-refractivity contribution in [1.29, 1.82) is 0 Å². The number of ether oxygens (including phenoxy) is 1. The predicted molar refractivity (Wildman–Crippen MR) is 68.3 cm³/mol. The maximum Gasteiger partial charge on any atom is 0.219 e. The van der Waals surface area contributed by atoms with Gasteiger partial charge in [0.15, 0.2) is 0 Å². The Morgan fingerprint density at radius 3 is 2.74 bits per heavy atom. The van der Waals surface area contributed by atoms with Gasteiger partial charge in [-0.25, -0.2) is 9.37 Å². The van der Waals surface area contributed by atoms with Gasteiger partial charge in [0.25, 0.3) is 0 Å². The number of H-pyrrole nitrogens is 1. The molecule has 0 unspecified atom stereocenters. The molecule has 1 N–H and O–H groups in total. The van der Waals surface area contributed by atoms with E-state index in [1.165, 1.54) is 12.1 Å². The number of aromatic amines is 1. The Morgan fingerprint density at radius 1 is 1.11 bits per heavy atom. The van der Waals surface area contributed by atoms with Gasteiger partial charge >= 0.3 is 0 Å². The van der Waals surface area contributed by atoms with Crippen molar-refractivity contribution in [3.8, 4) is 22.9 Å². The van der Waals surface area contributed by atoms with Crippen LogP contribution in [-0.4, -0.2) is 15.2 Å². The second kappa shape index (κ2) is 4.89. The van der Waals surface area contributed by atoms with Crippen molar-refractivity contribution in [3.05, 3.63) is 60.7 Å². The zero-order chi connectivity index (χ0) is 13.1. The molecule has 5 heteroatoms. The lowest BCUT2D eigenvalue weighted by molar-refractivity contribution is 0.458. The van der Waals surface area contributed by atoms with Crippen molar-refractivity contribution in [2.24, 2.45) is 0 Å². The van der Waals surface area contributed by atoms with Gasteiger partial charge < -0.3 is 4.74 Å². The number of aromatic nitrogens is 3. The molecule has 3 aromatic rings. The molecule has 19 heavy (non-hydrogen) atoms. The van der Waals surface area contributed by atoms with Crippen LogP contribution in [0.5, 0.6) is 11.6 Å². The Kier molecular flexibility index (Phi) is 2.94. The summed E-state index contributed by atoms with van der Waals surface area (Å²) in [6.45, 7) is 0. The topological polar surface area (TPSA) is 50.8 Å². The molecule has 2 aromatic heterocycles. The summed E-state index contributed by atoms with van der Waals surface area (Å²) in [5.74, 6) is 0.488. The number of nitrogens with one attached hydrogen (secondary N) is 1. The monoisotopic (exact) mass is 255 g/mol. The minimum atomic E-state index is -0.341. The Morgan fingerprint density at radius 2 is 2.05 bits per heavy atom. The molecule has 0 aliphatic rings. The fourth-order valence-electron chi connectivity index (χ4n) is 1.67. The molecule has 0 atom stereocenters. The molecule has 0 saturated carbocycles. The molecule has 1 aromatic carbocycles. The quantitative estimate of drug-likeness (QED) is 0.780. The second-order valence-electron chi connectivity index (χ2n) is 3.91. The molecule has 0 radical (unpaired) electrons. The minimum absolute atomic E-state index is 0.341. The molecule has 0 saturated heterocycles. The summed E-state index contributed by atoms with van der Waals surface area (Å²) in [4.78, 5) is 4.17. The standard InChI is InChI=1S/C14H10FN3O/c15-11-2-1-3-12(8-11)19-14-5-4-10(9-16-14)13-6-7-17-18-13/h1-9H,(H,17,18). The highest BCUT2D eigenvalue weighted by Crippen LogP contribution is 2.22. The lowest BCUT2D eigenvalue weighted by Crippen LogP contribution is -1.89. The molecule has 3 rings (SSSR count). The lowest BCUT2D eigenvalue weighted by Gasteiger charge is -2.05. The third-order valence-electron chi connectivity index (χ3n) is 2.57. The molecule has 2 heterocycles. The SMILES string of the molecule is Fc1cccc(Oc2ccc(-c3ccn[nH]3)cn2)c1. The molecule has 0 spiro atoms. The summed E-state index contributed by atoms with van der Waals surface area (Å²) in [5.41, 5.74) is 1.79. The van der Waals surface area contributed by atoms with Crippen LogP contribution in [0.3, 0.4) is 0 Å². The first-order chi connectivity index (χ1) is 9.31. The highest BCUT2D eigenvalue weighted by molar-refractivity contribution is 5.57. The van der Waals surface area contributed by atoms with Crippen LogP contribution in [0.25, 0.3) is 11.3 Å². The van der Waals surface area contributed by atoms with Crippen LogP contribution in [0.15, 0.2) is 54.9 Å². The molecule has 0 fully saturated rings. The third kappa shape index (κ3) is 2.60. The van der Waals surface area contributed by atoms with Crippen LogP contribution >= 0.6 is 0 Å². The van der Waals surface area contributed by atoms with Gasteiger partial charge in [-0.05, 0) is 24.3 Å². The van der Waals surface area contributed by atoms with E-state index in [4.69, 9.17) is 4.74 Å². The summed E-state index contributed by atoms with van der Waals surface area (Å²) in [6.07, 6.45) is 3.34. The Bertz CT molecular complexity index is 665. The van der Waals surface area contributed by atoms with Crippen molar-refractivity contribution in [2.45, 2.75) is 0 Å². The summed E-state index contributed by atoms with van der Waals surface area (Å²) < 4.78 is 18.5. The number of halogens is 1. The Balaban J connectivity index is 1.80. The van der Waals surface area contributed by atoms with E-state index in [1.807, 2.05) is 12.1 Å². The first kappa shape index (κ1) is 11.4. The van der Waals surface area contributed by atoms with Gasteiger partial charge in [-0.1, -0.05) is 6.07 Å². The van der Waals surface area contributed by atoms with Crippen molar-refractivity contribution >= 4 is 0 Å². The first-order valence-corrected chi connectivity index (χ1v) is 5.70. The van der Waals surface area contributed by atoms with Gasteiger partial charge in [-0.15, -0.1) is 0 Å². The number of hydrogen-bond donors (Lipinski definition) is 1. The molecule has 0 amide bonds. The van der Waals surface area contributed by atoms with Crippen LogP contribution in [0.1, 0.15) is 0 Å². The van der Waals surface area contributed by atoms with Crippen LogP contribution < -0.4 is 4.74 Å². The number of hydrogen-bond acceptors (Lipinski definition) is 3. The smallest absolute Gasteiger partial charge is 0.219 e. The highest BCUT2D eigenvalue weighted by Gasteiger charge is 2.02. The van der Waals surface area contributed by atoms with E-state index in [0.717, 1.165) is 11.3 Å². The van der Waals surface area contributed by atoms with Crippen LogP contribution in [-0.2, 0) is 0 Å². The summed E-state index contributed by atoms with van der Waals surface area (Å²) in [5, 5.41) is 6.72. The molecule has 94 valence electrons. The van der Waals surface area contributed by atoms with Crippen molar-refractivity contribution in [2.75, 3.05) is 0 Å². The molecule has 4 nitrogen and oxygen atoms in total. The summed E-state index contributed by atoms with van der Waals surface area (Å²) >= 11 is 0. The number of rotatable bonds is 3. The largest absolute Gasteiger partial charge is 0.439 e. The molecular weight excluding hydrogens is 245 g/mol. The zero-order valence-corrected chi connectivity index (χ0v) is 9.88. The van der Waals surface area contributed by atoms with Gasteiger partial charge in [0.2, 0.25) is 5.88 Å². The maximum atomic E-state index is 13.0. The lowest BCUT2D eigenvalue weighted by atomic mass is 10.2. The van der Waals surface area contributed by atoms with Gasteiger partial charge in [0, 0.05) is 30.1 Å². The average Bonchev–Trinajstić information content (AvgIpc) is 2.94. The Labute approximate surface area is 108 Å². The van der Waals surface area contributed by atoms with Gasteiger partial charge in [-0.3, -0.25) is 5.10 Å². The summed E-state index contributed by atoms with van der Waals surface area (Å²) in [7, 11) is 0. The van der Waals surface area contributed by atoms with E-state index in [-0.39, 0.29) is 5.82 Å². The van der Waals surface area contributed by atoms with E-state index in [9.17, 15) is 4.39 Å². The number of benzene rings is 1.